The van der Waals surface area contributed by atoms with Gasteiger partial charge in [-0.2, -0.15) is 0 Å². The van der Waals surface area contributed by atoms with E-state index in [-0.39, 0.29) is 0 Å². The zero-order chi connectivity index (χ0) is 9.68. The molecule has 0 aromatic carbocycles. The van der Waals surface area contributed by atoms with Crippen LogP contribution in [0.25, 0.3) is 0 Å². The van der Waals surface area contributed by atoms with Crippen LogP contribution in [0, 0.1) is 5.92 Å². The predicted octanol–water partition coefficient (Wildman–Crippen LogP) is 1.50. The van der Waals surface area contributed by atoms with Gasteiger partial charge in [-0.05, 0) is 45.9 Å². The van der Waals surface area contributed by atoms with Gasteiger partial charge < -0.3 is 9.80 Å². The van der Waals surface area contributed by atoms with Gasteiger partial charge in [-0.1, -0.05) is 0 Å². The van der Waals surface area contributed by atoms with Crippen molar-refractivity contribution in [1.29, 1.82) is 0 Å². The monoisotopic (exact) mass is 204 g/mol. The molecule has 1 fully saturated rings. The van der Waals surface area contributed by atoms with Crippen molar-refractivity contribution < 1.29 is 0 Å². The fourth-order valence-corrected chi connectivity index (χ4v) is 2.16. The highest BCUT2D eigenvalue weighted by Crippen LogP contribution is 2.14. The van der Waals surface area contributed by atoms with Crippen LogP contribution in [0.2, 0.25) is 0 Å². The Hall–Kier alpha value is 0.210. The van der Waals surface area contributed by atoms with Crippen LogP contribution in [0.3, 0.4) is 0 Å². The molecule has 0 amide bonds. The van der Waals surface area contributed by atoms with E-state index < -0.39 is 0 Å². The number of alkyl halides is 1. The van der Waals surface area contributed by atoms with E-state index in [1.807, 2.05) is 0 Å². The van der Waals surface area contributed by atoms with Gasteiger partial charge in [-0.25, -0.2) is 0 Å². The van der Waals surface area contributed by atoms with Crippen LogP contribution >= 0.6 is 11.6 Å². The first-order valence-corrected chi connectivity index (χ1v) is 5.69. The first-order valence-electron chi connectivity index (χ1n) is 5.15. The van der Waals surface area contributed by atoms with E-state index >= 15 is 0 Å². The smallest absolute Gasteiger partial charge is 0.0235 e. The molecule has 78 valence electrons. The maximum atomic E-state index is 5.65. The van der Waals surface area contributed by atoms with E-state index in [0.29, 0.717) is 0 Å². The third kappa shape index (κ3) is 4.30. The van der Waals surface area contributed by atoms with Gasteiger partial charge in [-0.15, -0.1) is 11.6 Å². The van der Waals surface area contributed by atoms with Crippen LogP contribution in [0.5, 0.6) is 0 Å². The lowest BCUT2D eigenvalue weighted by atomic mass is 10.1. The molecule has 1 unspecified atom stereocenters. The van der Waals surface area contributed by atoms with Gasteiger partial charge in [0.25, 0.3) is 0 Å². The topological polar surface area (TPSA) is 6.48 Å². The molecule has 0 spiro atoms. The van der Waals surface area contributed by atoms with E-state index in [0.717, 1.165) is 24.8 Å². The van der Waals surface area contributed by atoms with Crippen LogP contribution in [0.4, 0.5) is 0 Å². The normalized spacial score (nSPS) is 24.5. The van der Waals surface area contributed by atoms with Crippen molar-refractivity contribution in [3.05, 3.63) is 0 Å². The molecule has 0 radical (unpaired) electrons. The second-order valence-corrected chi connectivity index (χ2v) is 4.60. The standard InChI is InChI=1S/C10H21ClN2/c1-12(6-3-5-11)8-10-4-7-13(2)9-10/h10H,3-9H2,1-2H3. The Morgan fingerprint density at radius 1 is 1.54 bits per heavy atom. The second-order valence-electron chi connectivity index (χ2n) is 4.22. The molecule has 1 saturated heterocycles. The quantitative estimate of drug-likeness (QED) is 0.627. The van der Waals surface area contributed by atoms with Gasteiger partial charge in [0.15, 0.2) is 0 Å². The zero-order valence-corrected chi connectivity index (χ0v) is 9.56. The van der Waals surface area contributed by atoms with E-state index in [9.17, 15) is 0 Å². The van der Waals surface area contributed by atoms with Crippen molar-refractivity contribution in [3.8, 4) is 0 Å². The summed E-state index contributed by atoms with van der Waals surface area (Å²) in [6.07, 6.45) is 2.47. The molecule has 0 saturated carbocycles. The van der Waals surface area contributed by atoms with Crippen molar-refractivity contribution >= 4 is 11.6 Å². The Bertz CT molecular complexity index is 141. The third-order valence-corrected chi connectivity index (χ3v) is 3.00. The fraction of sp³-hybridized carbons (Fsp3) is 1.00. The van der Waals surface area contributed by atoms with E-state index in [1.54, 1.807) is 0 Å². The number of likely N-dealkylation sites (tertiary alicyclic amines) is 1. The van der Waals surface area contributed by atoms with Gasteiger partial charge in [-0.3, -0.25) is 0 Å². The first kappa shape index (κ1) is 11.3. The predicted molar refractivity (Wildman–Crippen MR) is 58.4 cm³/mol. The second kappa shape index (κ2) is 5.84. The summed E-state index contributed by atoms with van der Waals surface area (Å²) in [6.45, 7) is 4.92. The lowest BCUT2D eigenvalue weighted by Gasteiger charge is -2.20. The summed E-state index contributed by atoms with van der Waals surface area (Å²) in [5.74, 6) is 1.67. The molecule has 0 aliphatic carbocycles. The number of rotatable bonds is 5. The average molecular weight is 205 g/mol. The zero-order valence-electron chi connectivity index (χ0n) is 8.80. The molecule has 2 nitrogen and oxygen atoms in total. The van der Waals surface area contributed by atoms with E-state index in [2.05, 4.69) is 23.9 Å². The molecule has 0 N–H and O–H groups in total. The molecule has 1 aliphatic rings. The van der Waals surface area contributed by atoms with Crippen LogP contribution in [0.15, 0.2) is 0 Å². The summed E-state index contributed by atoms with van der Waals surface area (Å²) >= 11 is 5.65. The van der Waals surface area contributed by atoms with Gasteiger partial charge >= 0.3 is 0 Å². The highest BCUT2D eigenvalue weighted by Gasteiger charge is 2.20. The molecule has 0 aromatic heterocycles. The molecular weight excluding hydrogens is 184 g/mol. The van der Waals surface area contributed by atoms with Crippen LogP contribution in [-0.4, -0.2) is 56.0 Å². The molecular formula is C10H21ClN2. The molecule has 13 heavy (non-hydrogen) atoms. The maximum absolute atomic E-state index is 5.65. The van der Waals surface area contributed by atoms with E-state index in [4.69, 9.17) is 11.6 Å². The van der Waals surface area contributed by atoms with Gasteiger partial charge in [0.05, 0.1) is 0 Å². The highest BCUT2D eigenvalue weighted by atomic mass is 35.5. The van der Waals surface area contributed by atoms with E-state index in [1.165, 1.54) is 26.1 Å². The Labute approximate surface area is 86.8 Å². The highest BCUT2D eigenvalue weighted by molar-refractivity contribution is 6.17. The number of hydrogen-bond acceptors (Lipinski definition) is 2. The summed E-state index contributed by atoms with van der Waals surface area (Å²) in [4.78, 5) is 4.83. The number of nitrogens with zero attached hydrogens (tertiary/aromatic N) is 2. The molecule has 3 heteroatoms. The van der Waals surface area contributed by atoms with Crippen molar-refractivity contribution in [2.45, 2.75) is 12.8 Å². The lowest BCUT2D eigenvalue weighted by Crippen LogP contribution is -2.28. The molecule has 0 bridgehead atoms. The molecule has 1 heterocycles. The minimum atomic E-state index is 0.787. The summed E-state index contributed by atoms with van der Waals surface area (Å²) in [6, 6.07) is 0. The summed E-state index contributed by atoms with van der Waals surface area (Å²) < 4.78 is 0. The number of halogens is 1. The number of hydrogen-bond donors (Lipinski definition) is 0. The first-order chi connectivity index (χ1) is 6.22. The van der Waals surface area contributed by atoms with Crippen molar-refractivity contribution in [2.75, 3.05) is 46.2 Å². The Balaban J connectivity index is 2.09. The average Bonchev–Trinajstić information content (AvgIpc) is 2.48. The SMILES string of the molecule is CN(CCCCl)CC1CCN(C)C1. The van der Waals surface area contributed by atoms with Gasteiger partial charge in [0.2, 0.25) is 0 Å². The van der Waals surface area contributed by atoms with Crippen molar-refractivity contribution in [1.82, 2.24) is 9.80 Å². The largest absolute Gasteiger partial charge is 0.306 e. The maximum Gasteiger partial charge on any atom is 0.0235 e. The van der Waals surface area contributed by atoms with Crippen LogP contribution < -0.4 is 0 Å². The summed E-state index contributed by atoms with van der Waals surface area (Å²) in [5.41, 5.74) is 0. The van der Waals surface area contributed by atoms with Crippen LogP contribution in [0.1, 0.15) is 12.8 Å². The van der Waals surface area contributed by atoms with Crippen LogP contribution in [-0.2, 0) is 0 Å². The minimum Gasteiger partial charge on any atom is -0.306 e. The summed E-state index contributed by atoms with van der Waals surface area (Å²) in [7, 11) is 4.41. The van der Waals surface area contributed by atoms with Gasteiger partial charge in [0, 0.05) is 19.0 Å². The Kier molecular flexibility index (Phi) is 5.07. The Morgan fingerprint density at radius 3 is 2.85 bits per heavy atom. The summed E-state index contributed by atoms with van der Waals surface area (Å²) in [5, 5.41) is 0. The minimum absolute atomic E-state index is 0.787. The molecule has 1 atom stereocenters. The van der Waals surface area contributed by atoms with Gasteiger partial charge in [0.1, 0.15) is 0 Å². The van der Waals surface area contributed by atoms with Crippen molar-refractivity contribution in [3.63, 3.8) is 0 Å². The molecule has 1 rings (SSSR count). The third-order valence-electron chi connectivity index (χ3n) is 2.73. The van der Waals surface area contributed by atoms with Crippen molar-refractivity contribution in [2.24, 2.45) is 5.92 Å². The fourth-order valence-electron chi connectivity index (χ4n) is 2.04. The Morgan fingerprint density at radius 2 is 2.31 bits per heavy atom. The lowest BCUT2D eigenvalue weighted by molar-refractivity contribution is 0.274. The molecule has 1 aliphatic heterocycles. The molecule has 0 aromatic rings.